The molecule has 2 aromatic rings. The summed E-state index contributed by atoms with van der Waals surface area (Å²) in [6.07, 6.45) is -3.49. The number of hydrogen-bond donors (Lipinski definition) is 1. The number of carbonyl (C=O) groups is 1. The maximum absolute atomic E-state index is 12.7. The third-order valence-corrected chi connectivity index (χ3v) is 2.80. The van der Waals surface area contributed by atoms with Crippen molar-refractivity contribution in [3.8, 4) is 0 Å². The van der Waals surface area contributed by atoms with Gasteiger partial charge in [0.15, 0.2) is 0 Å². The first-order chi connectivity index (χ1) is 9.77. The van der Waals surface area contributed by atoms with E-state index in [0.717, 1.165) is 24.4 Å². The van der Waals surface area contributed by atoms with E-state index in [-0.39, 0.29) is 11.3 Å². The van der Waals surface area contributed by atoms with Crippen LogP contribution in [0.3, 0.4) is 0 Å². The number of rotatable bonds is 2. The minimum Gasteiger partial charge on any atom is -0.322 e. The van der Waals surface area contributed by atoms with E-state index in [1.165, 1.54) is 12.1 Å². The summed E-state index contributed by atoms with van der Waals surface area (Å²) in [6.45, 7) is 1.57. The number of alkyl halides is 3. The molecule has 0 unspecified atom stereocenters. The van der Waals surface area contributed by atoms with Crippen LogP contribution in [0.15, 0.2) is 36.5 Å². The number of aromatic nitrogens is 1. The Morgan fingerprint density at radius 3 is 2.48 bits per heavy atom. The number of anilines is 1. The van der Waals surface area contributed by atoms with Crippen LogP contribution in [0.25, 0.3) is 0 Å². The van der Waals surface area contributed by atoms with Crippen LogP contribution in [-0.4, -0.2) is 10.9 Å². The zero-order chi connectivity index (χ0) is 15.6. The van der Waals surface area contributed by atoms with Crippen LogP contribution in [0, 0.1) is 12.9 Å². The quantitative estimate of drug-likeness (QED) is 0.677. The number of aryl methyl sites for hydroxylation is 1. The Kier molecular flexibility index (Phi) is 3.93. The Labute approximate surface area is 117 Å². The second kappa shape index (κ2) is 5.51. The fourth-order valence-corrected chi connectivity index (χ4v) is 1.64. The highest BCUT2D eigenvalue weighted by Crippen LogP contribution is 2.32. The van der Waals surface area contributed by atoms with Gasteiger partial charge in [0.2, 0.25) is 5.95 Å². The van der Waals surface area contributed by atoms with Gasteiger partial charge in [0.25, 0.3) is 5.91 Å². The highest BCUT2D eigenvalue weighted by molar-refractivity contribution is 6.04. The summed E-state index contributed by atoms with van der Waals surface area (Å²) in [7, 11) is 0. The molecule has 1 aromatic carbocycles. The summed E-state index contributed by atoms with van der Waals surface area (Å²) in [6, 6.07) is 5.24. The molecule has 0 atom stereocenters. The molecular weight excluding hydrogens is 288 g/mol. The molecule has 0 aliphatic carbocycles. The number of carbonyl (C=O) groups excluding carboxylic acids is 1. The van der Waals surface area contributed by atoms with E-state index >= 15 is 0 Å². The second-order valence-electron chi connectivity index (χ2n) is 4.35. The van der Waals surface area contributed by atoms with Gasteiger partial charge in [-0.3, -0.25) is 4.79 Å². The van der Waals surface area contributed by atoms with Crippen molar-refractivity contribution in [2.45, 2.75) is 13.1 Å². The Hall–Kier alpha value is -2.44. The Morgan fingerprint density at radius 1 is 1.19 bits per heavy atom. The molecule has 1 aromatic heterocycles. The lowest BCUT2D eigenvalue weighted by molar-refractivity contribution is -0.137. The van der Waals surface area contributed by atoms with E-state index in [0.29, 0.717) is 5.56 Å². The van der Waals surface area contributed by atoms with E-state index in [1.807, 2.05) is 0 Å². The lowest BCUT2D eigenvalue weighted by Gasteiger charge is -2.12. The van der Waals surface area contributed by atoms with Gasteiger partial charge >= 0.3 is 6.18 Å². The Morgan fingerprint density at radius 2 is 1.90 bits per heavy atom. The van der Waals surface area contributed by atoms with Crippen molar-refractivity contribution < 1.29 is 22.4 Å². The number of amides is 1. The summed E-state index contributed by atoms with van der Waals surface area (Å²) in [5, 5.41) is 2.36. The van der Waals surface area contributed by atoms with E-state index in [4.69, 9.17) is 0 Å². The molecule has 0 aliphatic rings. The van der Waals surface area contributed by atoms with Crippen LogP contribution < -0.4 is 5.32 Å². The van der Waals surface area contributed by atoms with Crippen molar-refractivity contribution in [2.24, 2.45) is 0 Å². The summed E-state index contributed by atoms with van der Waals surface area (Å²) < 4.78 is 50.6. The molecule has 1 amide bonds. The van der Waals surface area contributed by atoms with Gasteiger partial charge < -0.3 is 5.32 Å². The first kappa shape index (κ1) is 15.0. The zero-order valence-corrected chi connectivity index (χ0v) is 10.8. The van der Waals surface area contributed by atoms with Crippen LogP contribution in [-0.2, 0) is 6.18 Å². The van der Waals surface area contributed by atoms with Crippen molar-refractivity contribution in [2.75, 3.05) is 5.32 Å². The van der Waals surface area contributed by atoms with Crippen molar-refractivity contribution in [3.63, 3.8) is 0 Å². The van der Waals surface area contributed by atoms with E-state index < -0.39 is 23.6 Å². The number of benzene rings is 1. The smallest absolute Gasteiger partial charge is 0.322 e. The molecule has 0 aliphatic heterocycles. The highest BCUT2D eigenvalue weighted by atomic mass is 19.4. The molecule has 0 radical (unpaired) electrons. The number of nitrogens with zero attached hydrogens (tertiary/aromatic N) is 1. The molecule has 110 valence electrons. The first-order valence-electron chi connectivity index (χ1n) is 5.88. The molecule has 1 heterocycles. The lowest BCUT2D eigenvalue weighted by atomic mass is 10.1. The normalized spacial score (nSPS) is 11.3. The van der Waals surface area contributed by atoms with Gasteiger partial charge in [-0.05, 0) is 36.8 Å². The summed E-state index contributed by atoms with van der Waals surface area (Å²) in [5.74, 6) is -1.41. The predicted octanol–water partition coefficient (Wildman–Crippen LogP) is 3.80. The largest absolute Gasteiger partial charge is 0.416 e. The fraction of sp³-hybridized carbons (Fsp3) is 0.143. The first-order valence-corrected chi connectivity index (χ1v) is 5.88. The molecule has 0 saturated heterocycles. The van der Waals surface area contributed by atoms with Crippen molar-refractivity contribution >= 4 is 11.6 Å². The SMILES string of the molecule is Cc1ccc(C(F)(F)F)cc1NC(=O)c1ccc(F)nc1. The minimum absolute atomic E-state index is 0.0409. The van der Waals surface area contributed by atoms with Crippen LogP contribution in [0.2, 0.25) is 0 Å². The van der Waals surface area contributed by atoms with E-state index in [2.05, 4.69) is 10.3 Å². The van der Waals surface area contributed by atoms with Crippen LogP contribution in [0.4, 0.5) is 23.2 Å². The lowest BCUT2D eigenvalue weighted by Crippen LogP contribution is -2.14. The molecule has 0 fully saturated rings. The molecule has 1 N–H and O–H groups in total. The number of pyridine rings is 1. The van der Waals surface area contributed by atoms with Gasteiger partial charge in [-0.15, -0.1) is 0 Å². The second-order valence-corrected chi connectivity index (χ2v) is 4.35. The maximum Gasteiger partial charge on any atom is 0.416 e. The Bertz CT molecular complexity index is 666. The topological polar surface area (TPSA) is 42.0 Å². The molecule has 2 rings (SSSR count). The van der Waals surface area contributed by atoms with Gasteiger partial charge in [-0.1, -0.05) is 6.07 Å². The van der Waals surface area contributed by atoms with Gasteiger partial charge in [-0.25, -0.2) is 4.98 Å². The van der Waals surface area contributed by atoms with Crippen molar-refractivity contribution in [3.05, 3.63) is 59.2 Å². The molecular formula is C14H10F4N2O. The van der Waals surface area contributed by atoms with E-state index in [1.54, 1.807) is 6.92 Å². The molecule has 3 nitrogen and oxygen atoms in total. The van der Waals surface area contributed by atoms with Crippen LogP contribution in [0.1, 0.15) is 21.5 Å². The third-order valence-electron chi connectivity index (χ3n) is 2.80. The van der Waals surface area contributed by atoms with Crippen molar-refractivity contribution in [1.82, 2.24) is 4.98 Å². The Balaban J connectivity index is 2.26. The zero-order valence-electron chi connectivity index (χ0n) is 10.8. The van der Waals surface area contributed by atoms with Gasteiger partial charge in [0, 0.05) is 11.9 Å². The van der Waals surface area contributed by atoms with Crippen LogP contribution >= 0.6 is 0 Å². The maximum atomic E-state index is 12.7. The predicted molar refractivity (Wildman–Crippen MR) is 68.3 cm³/mol. The number of halogens is 4. The van der Waals surface area contributed by atoms with E-state index in [9.17, 15) is 22.4 Å². The number of nitrogens with one attached hydrogen (secondary N) is 1. The molecule has 0 saturated carbocycles. The molecule has 21 heavy (non-hydrogen) atoms. The monoisotopic (exact) mass is 298 g/mol. The summed E-state index contributed by atoms with van der Waals surface area (Å²) >= 11 is 0. The van der Waals surface area contributed by atoms with Crippen molar-refractivity contribution in [1.29, 1.82) is 0 Å². The van der Waals surface area contributed by atoms with Gasteiger partial charge in [0.1, 0.15) is 0 Å². The van der Waals surface area contributed by atoms with Gasteiger partial charge in [0.05, 0.1) is 11.1 Å². The third kappa shape index (κ3) is 3.56. The highest BCUT2D eigenvalue weighted by Gasteiger charge is 2.30. The molecule has 7 heteroatoms. The molecule has 0 bridgehead atoms. The summed E-state index contributed by atoms with van der Waals surface area (Å²) in [4.78, 5) is 15.2. The molecule has 0 spiro atoms. The average molecular weight is 298 g/mol. The van der Waals surface area contributed by atoms with Gasteiger partial charge in [-0.2, -0.15) is 17.6 Å². The standard InChI is InChI=1S/C14H10F4N2O/c1-8-2-4-10(14(16,17)18)6-11(8)20-13(21)9-3-5-12(15)19-7-9/h2-7H,1H3,(H,20,21). The average Bonchev–Trinajstić information content (AvgIpc) is 2.40. The number of hydrogen-bond acceptors (Lipinski definition) is 2. The minimum atomic E-state index is -4.50. The van der Waals surface area contributed by atoms with Crippen LogP contribution in [0.5, 0.6) is 0 Å². The summed E-state index contributed by atoms with van der Waals surface area (Å²) in [5.41, 5.74) is -0.292. The fourth-order valence-electron chi connectivity index (χ4n) is 1.64.